The highest BCUT2D eigenvalue weighted by molar-refractivity contribution is 9.10. The van der Waals surface area contributed by atoms with E-state index >= 15 is 0 Å². The third-order valence-corrected chi connectivity index (χ3v) is 4.59. The molecule has 0 fully saturated rings. The minimum absolute atomic E-state index is 0.0809. The van der Waals surface area contributed by atoms with Crippen molar-refractivity contribution < 1.29 is 19.0 Å². The third kappa shape index (κ3) is 5.29. The molecule has 2 aromatic rings. The summed E-state index contributed by atoms with van der Waals surface area (Å²) in [5.74, 6) is 1.64. The van der Waals surface area contributed by atoms with Gasteiger partial charge in [-0.3, -0.25) is 4.79 Å². The van der Waals surface area contributed by atoms with Crippen LogP contribution < -0.4 is 14.2 Å². The van der Waals surface area contributed by atoms with Crippen molar-refractivity contribution >= 4 is 33.4 Å². The van der Waals surface area contributed by atoms with Gasteiger partial charge in [-0.1, -0.05) is 33.6 Å². The average Bonchev–Trinajstić information content (AvgIpc) is 2.64. The van der Waals surface area contributed by atoms with E-state index < -0.39 is 0 Å². The second kappa shape index (κ2) is 9.69. The summed E-state index contributed by atoms with van der Waals surface area (Å²) in [6, 6.07) is 10.9. The van der Waals surface area contributed by atoms with Crippen molar-refractivity contribution in [3.05, 3.63) is 51.5 Å². The topological polar surface area (TPSA) is 48.0 Å². The first kappa shape index (κ1) is 20.4. The van der Waals surface area contributed by atoms with Crippen LogP contribution in [0.15, 0.2) is 40.9 Å². The molecule has 2 aromatic carbocycles. The molecule has 0 radical (unpaired) electrons. The highest BCUT2D eigenvalue weighted by Gasteiger charge is 2.15. The van der Waals surface area contributed by atoms with Crippen LogP contribution in [0.25, 0.3) is 0 Å². The number of benzene rings is 2. The minimum atomic E-state index is -0.124. The van der Waals surface area contributed by atoms with Gasteiger partial charge in [0.05, 0.1) is 19.2 Å². The largest absolute Gasteiger partial charge is 0.493 e. The molecular weight excluding hydrogens is 422 g/mol. The summed E-state index contributed by atoms with van der Waals surface area (Å²) in [5, 5.41) is 0.454. The van der Waals surface area contributed by atoms with Crippen molar-refractivity contribution in [2.75, 3.05) is 27.4 Å². The number of carbonyl (C=O) groups excluding carboxylic acids is 1. The maximum absolute atomic E-state index is 12.5. The molecule has 0 saturated heterocycles. The first-order chi connectivity index (χ1) is 12.5. The molecule has 26 heavy (non-hydrogen) atoms. The van der Waals surface area contributed by atoms with E-state index in [0.29, 0.717) is 35.4 Å². The fourth-order valence-corrected chi connectivity index (χ4v) is 3.13. The molecular formula is C19H21BrClNO4. The molecule has 0 aliphatic rings. The van der Waals surface area contributed by atoms with E-state index in [0.717, 1.165) is 10.0 Å². The molecule has 5 nitrogen and oxygen atoms in total. The molecule has 0 aliphatic carbocycles. The first-order valence-electron chi connectivity index (χ1n) is 8.05. The number of rotatable bonds is 8. The van der Waals surface area contributed by atoms with Crippen LogP contribution in [-0.2, 0) is 11.3 Å². The van der Waals surface area contributed by atoms with Crippen LogP contribution in [-0.4, -0.2) is 38.2 Å². The number of hydrogen-bond donors (Lipinski definition) is 0. The van der Waals surface area contributed by atoms with Crippen molar-refractivity contribution in [1.82, 2.24) is 4.90 Å². The Hall–Kier alpha value is -1.92. The Morgan fingerprint density at radius 1 is 1.08 bits per heavy atom. The van der Waals surface area contributed by atoms with Crippen LogP contribution >= 0.6 is 27.5 Å². The Balaban J connectivity index is 2.02. The van der Waals surface area contributed by atoms with Gasteiger partial charge in [-0.15, -0.1) is 0 Å². The Bertz CT molecular complexity index is 769. The Kier molecular flexibility index (Phi) is 7.60. The lowest BCUT2D eigenvalue weighted by atomic mass is 10.2. The zero-order chi connectivity index (χ0) is 19.1. The van der Waals surface area contributed by atoms with Crippen molar-refractivity contribution in [2.45, 2.75) is 13.5 Å². The molecule has 7 heteroatoms. The number of nitrogens with zero attached hydrogens (tertiary/aromatic N) is 1. The predicted molar refractivity (Wildman–Crippen MR) is 105 cm³/mol. The summed E-state index contributed by atoms with van der Waals surface area (Å²) in [6.07, 6.45) is 0. The number of carbonyl (C=O) groups is 1. The van der Waals surface area contributed by atoms with Crippen LogP contribution in [0.4, 0.5) is 0 Å². The van der Waals surface area contributed by atoms with E-state index in [1.165, 1.54) is 0 Å². The standard InChI is InChI=1S/C19H21BrClNO4/c1-4-22(11-13-5-7-17(24-2)18(9-13)25-3)19(23)12-26-16-8-6-14(20)10-15(16)21/h5-10H,4,11-12H2,1-3H3. The Morgan fingerprint density at radius 3 is 2.38 bits per heavy atom. The van der Waals surface area contributed by atoms with Crippen LogP contribution in [0.5, 0.6) is 17.2 Å². The summed E-state index contributed by atoms with van der Waals surface area (Å²) in [7, 11) is 3.17. The lowest BCUT2D eigenvalue weighted by Crippen LogP contribution is -2.34. The van der Waals surface area contributed by atoms with E-state index in [4.69, 9.17) is 25.8 Å². The van der Waals surface area contributed by atoms with Crippen molar-refractivity contribution in [2.24, 2.45) is 0 Å². The second-order valence-corrected chi connectivity index (χ2v) is 6.78. The second-order valence-electron chi connectivity index (χ2n) is 5.46. The Morgan fingerprint density at radius 2 is 1.77 bits per heavy atom. The maximum atomic E-state index is 12.5. The molecule has 0 spiro atoms. The van der Waals surface area contributed by atoms with Gasteiger partial charge >= 0.3 is 0 Å². The predicted octanol–water partition coefficient (Wildman–Crippen LogP) is 4.55. The van der Waals surface area contributed by atoms with Gasteiger partial charge in [0.2, 0.25) is 0 Å². The van der Waals surface area contributed by atoms with Crippen molar-refractivity contribution in [3.63, 3.8) is 0 Å². The summed E-state index contributed by atoms with van der Waals surface area (Å²) in [6.45, 7) is 2.85. The minimum Gasteiger partial charge on any atom is -0.493 e. The zero-order valence-corrected chi connectivity index (χ0v) is 17.3. The summed E-state index contributed by atoms with van der Waals surface area (Å²) in [4.78, 5) is 14.2. The molecule has 0 aromatic heterocycles. The Labute approximate surface area is 166 Å². The van der Waals surface area contributed by atoms with E-state index in [1.807, 2.05) is 31.2 Å². The molecule has 0 atom stereocenters. The molecule has 0 N–H and O–H groups in total. The fraction of sp³-hybridized carbons (Fsp3) is 0.316. The van der Waals surface area contributed by atoms with Crippen LogP contribution in [0, 0.1) is 0 Å². The normalized spacial score (nSPS) is 10.3. The third-order valence-electron chi connectivity index (χ3n) is 3.80. The summed E-state index contributed by atoms with van der Waals surface area (Å²) in [5.41, 5.74) is 0.944. The number of methoxy groups -OCH3 is 2. The fourth-order valence-electron chi connectivity index (χ4n) is 2.40. The van der Waals surface area contributed by atoms with Gasteiger partial charge in [-0.25, -0.2) is 0 Å². The quantitative estimate of drug-likeness (QED) is 0.602. The van der Waals surface area contributed by atoms with Crippen LogP contribution in [0.1, 0.15) is 12.5 Å². The monoisotopic (exact) mass is 441 g/mol. The number of likely N-dealkylation sites (N-methyl/N-ethyl adjacent to an activating group) is 1. The van der Waals surface area contributed by atoms with Gasteiger partial charge in [-0.2, -0.15) is 0 Å². The van der Waals surface area contributed by atoms with E-state index in [9.17, 15) is 4.79 Å². The van der Waals surface area contributed by atoms with Gasteiger partial charge < -0.3 is 19.1 Å². The molecule has 140 valence electrons. The van der Waals surface area contributed by atoms with Crippen LogP contribution in [0.3, 0.4) is 0 Å². The molecule has 0 bridgehead atoms. The zero-order valence-electron chi connectivity index (χ0n) is 14.9. The molecule has 0 heterocycles. The van der Waals surface area contributed by atoms with Crippen molar-refractivity contribution in [1.29, 1.82) is 0 Å². The highest BCUT2D eigenvalue weighted by Crippen LogP contribution is 2.29. The molecule has 0 saturated carbocycles. The highest BCUT2D eigenvalue weighted by atomic mass is 79.9. The van der Waals surface area contributed by atoms with Gasteiger partial charge in [0.1, 0.15) is 5.75 Å². The van der Waals surface area contributed by atoms with Gasteiger partial charge in [0.25, 0.3) is 5.91 Å². The number of hydrogen-bond acceptors (Lipinski definition) is 4. The lowest BCUT2D eigenvalue weighted by molar-refractivity contribution is -0.133. The van der Waals surface area contributed by atoms with Crippen molar-refractivity contribution in [3.8, 4) is 17.2 Å². The SMILES string of the molecule is CCN(Cc1ccc(OC)c(OC)c1)C(=O)COc1ccc(Br)cc1Cl. The molecule has 0 unspecified atom stereocenters. The number of amides is 1. The van der Waals surface area contributed by atoms with Gasteiger partial charge in [-0.05, 0) is 42.8 Å². The van der Waals surface area contributed by atoms with Crippen LogP contribution in [0.2, 0.25) is 5.02 Å². The van der Waals surface area contributed by atoms with Gasteiger partial charge in [0, 0.05) is 17.6 Å². The van der Waals surface area contributed by atoms with E-state index in [-0.39, 0.29) is 12.5 Å². The smallest absolute Gasteiger partial charge is 0.260 e. The first-order valence-corrected chi connectivity index (χ1v) is 9.22. The summed E-state index contributed by atoms with van der Waals surface area (Å²) >= 11 is 9.45. The molecule has 1 amide bonds. The summed E-state index contributed by atoms with van der Waals surface area (Å²) < 4.78 is 17.0. The van der Waals surface area contributed by atoms with E-state index in [2.05, 4.69) is 15.9 Å². The number of ether oxygens (including phenoxy) is 3. The molecule has 2 rings (SSSR count). The van der Waals surface area contributed by atoms with Gasteiger partial charge in [0.15, 0.2) is 18.1 Å². The molecule has 0 aliphatic heterocycles. The number of halogens is 2. The maximum Gasteiger partial charge on any atom is 0.260 e. The van der Waals surface area contributed by atoms with E-state index in [1.54, 1.807) is 31.3 Å². The average molecular weight is 443 g/mol. The lowest BCUT2D eigenvalue weighted by Gasteiger charge is -2.22.